The fourth-order valence-electron chi connectivity index (χ4n) is 0.904. The van der Waals surface area contributed by atoms with Crippen molar-refractivity contribution in [2.75, 3.05) is 6.54 Å². The van der Waals surface area contributed by atoms with Gasteiger partial charge in [-0.25, -0.2) is 0 Å². The van der Waals surface area contributed by atoms with E-state index in [2.05, 4.69) is 12.1 Å². The zero-order chi connectivity index (χ0) is 7.98. The van der Waals surface area contributed by atoms with Crippen LogP contribution in [0.5, 0.6) is 0 Å². The summed E-state index contributed by atoms with van der Waals surface area (Å²) < 4.78 is 0. The fourth-order valence-corrected chi connectivity index (χ4v) is 0.904. The van der Waals surface area contributed by atoms with Crippen LogP contribution in [0.15, 0.2) is 5.18 Å². The molecular weight excluding hydrogens is 130 g/mol. The highest BCUT2D eigenvalue weighted by molar-refractivity contribution is 4.65. The van der Waals surface area contributed by atoms with Crippen LogP contribution in [-0.4, -0.2) is 17.8 Å². The summed E-state index contributed by atoms with van der Waals surface area (Å²) in [6, 6.07) is 0. The maximum Gasteiger partial charge on any atom is 0.107 e. The van der Waals surface area contributed by atoms with Gasteiger partial charge in [-0.1, -0.05) is 25.4 Å². The Morgan fingerprint density at radius 1 is 1.60 bits per heavy atom. The van der Waals surface area contributed by atoms with E-state index in [-0.39, 0.29) is 12.5 Å². The number of aliphatic hydroxyl groups excluding tert-OH is 1. The van der Waals surface area contributed by atoms with Gasteiger partial charge in [-0.2, -0.15) is 4.91 Å². The second kappa shape index (κ2) is 5.35. The third-order valence-corrected chi connectivity index (χ3v) is 1.66. The summed E-state index contributed by atoms with van der Waals surface area (Å²) in [4.78, 5) is 9.71. The molecule has 0 aromatic heterocycles. The Bertz CT molecular complexity index is 95.6. The summed E-state index contributed by atoms with van der Waals surface area (Å²) >= 11 is 0. The van der Waals surface area contributed by atoms with Gasteiger partial charge in [0.25, 0.3) is 0 Å². The lowest BCUT2D eigenvalue weighted by atomic mass is 10.00. The van der Waals surface area contributed by atoms with E-state index in [9.17, 15) is 4.91 Å². The Hall–Kier alpha value is -0.440. The fraction of sp³-hybridized carbons (Fsp3) is 1.00. The number of hydrogen-bond acceptors (Lipinski definition) is 3. The maximum atomic E-state index is 9.71. The summed E-state index contributed by atoms with van der Waals surface area (Å²) in [5, 5.41) is 11.8. The second-order valence-electron chi connectivity index (χ2n) is 2.64. The third kappa shape index (κ3) is 3.56. The predicted molar refractivity (Wildman–Crippen MR) is 40.7 cm³/mol. The zero-order valence-electron chi connectivity index (χ0n) is 6.58. The van der Waals surface area contributed by atoms with E-state index in [1.54, 1.807) is 0 Å². The van der Waals surface area contributed by atoms with Crippen molar-refractivity contribution < 1.29 is 5.11 Å². The Morgan fingerprint density at radius 3 is 2.60 bits per heavy atom. The van der Waals surface area contributed by atoms with Crippen molar-refractivity contribution >= 4 is 0 Å². The number of aliphatic hydroxyl groups is 1. The van der Waals surface area contributed by atoms with Crippen LogP contribution < -0.4 is 0 Å². The Kier molecular flexibility index (Phi) is 5.12. The quantitative estimate of drug-likeness (QED) is 0.597. The molecule has 0 aromatic carbocycles. The molecule has 0 aliphatic carbocycles. The first-order valence-electron chi connectivity index (χ1n) is 3.69. The van der Waals surface area contributed by atoms with Crippen molar-refractivity contribution in [2.45, 2.75) is 32.8 Å². The molecule has 1 N–H and O–H groups in total. The van der Waals surface area contributed by atoms with Crippen LogP contribution in [0, 0.1) is 10.8 Å². The van der Waals surface area contributed by atoms with Gasteiger partial charge in [0.2, 0.25) is 0 Å². The predicted octanol–water partition coefficient (Wildman–Crippen LogP) is 1.55. The lowest BCUT2D eigenvalue weighted by Gasteiger charge is -2.13. The summed E-state index contributed by atoms with van der Waals surface area (Å²) in [6.45, 7) is 4.01. The zero-order valence-corrected chi connectivity index (χ0v) is 6.58. The molecule has 0 saturated carbocycles. The van der Waals surface area contributed by atoms with Crippen molar-refractivity contribution in [3.63, 3.8) is 0 Å². The van der Waals surface area contributed by atoms with Gasteiger partial charge in [0, 0.05) is 0 Å². The molecule has 0 aliphatic rings. The molecule has 0 fully saturated rings. The third-order valence-electron chi connectivity index (χ3n) is 1.66. The van der Waals surface area contributed by atoms with Gasteiger partial charge in [-0.15, -0.1) is 0 Å². The van der Waals surface area contributed by atoms with Crippen molar-refractivity contribution in [1.29, 1.82) is 0 Å². The SMILES string of the molecule is CCCC(C)C(O)CN=O. The van der Waals surface area contributed by atoms with Crippen LogP contribution in [0.2, 0.25) is 0 Å². The molecule has 2 unspecified atom stereocenters. The molecule has 60 valence electrons. The van der Waals surface area contributed by atoms with Gasteiger partial charge in [0.15, 0.2) is 0 Å². The summed E-state index contributed by atoms with van der Waals surface area (Å²) in [6.07, 6.45) is 1.45. The maximum absolute atomic E-state index is 9.71. The van der Waals surface area contributed by atoms with E-state index < -0.39 is 6.10 Å². The second-order valence-corrected chi connectivity index (χ2v) is 2.64. The smallest absolute Gasteiger partial charge is 0.107 e. The largest absolute Gasteiger partial charge is 0.391 e. The molecule has 2 atom stereocenters. The number of nitrogens with zero attached hydrogens (tertiary/aromatic N) is 1. The van der Waals surface area contributed by atoms with Gasteiger partial charge in [-0.05, 0) is 12.3 Å². The van der Waals surface area contributed by atoms with Crippen LogP contribution in [0.1, 0.15) is 26.7 Å². The van der Waals surface area contributed by atoms with Crippen molar-refractivity contribution in [2.24, 2.45) is 11.1 Å². The molecule has 10 heavy (non-hydrogen) atoms. The normalized spacial score (nSPS) is 16.3. The van der Waals surface area contributed by atoms with Crippen LogP contribution in [0.3, 0.4) is 0 Å². The van der Waals surface area contributed by atoms with Crippen LogP contribution in [-0.2, 0) is 0 Å². The minimum atomic E-state index is -0.544. The molecule has 0 bridgehead atoms. The summed E-state index contributed by atoms with van der Waals surface area (Å²) in [7, 11) is 0. The van der Waals surface area contributed by atoms with Crippen molar-refractivity contribution in [3.05, 3.63) is 4.91 Å². The summed E-state index contributed by atoms with van der Waals surface area (Å²) in [5.41, 5.74) is 0. The molecule has 3 nitrogen and oxygen atoms in total. The highest BCUT2D eigenvalue weighted by Crippen LogP contribution is 2.10. The Balaban J connectivity index is 3.47. The lowest BCUT2D eigenvalue weighted by Crippen LogP contribution is -2.20. The molecule has 0 rings (SSSR count). The van der Waals surface area contributed by atoms with E-state index in [1.807, 2.05) is 6.92 Å². The Labute approximate surface area is 61.4 Å². The minimum absolute atomic E-state index is 0.0289. The monoisotopic (exact) mass is 145 g/mol. The Morgan fingerprint density at radius 2 is 2.20 bits per heavy atom. The van der Waals surface area contributed by atoms with Gasteiger partial charge in [-0.3, -0.25) is 0 Å². The topological polar surface area (TPSA) is 49.7 Å². The van der Waals surface area contributed by atoms with E-state index in [1.165, 1.54) is 0 Å². The molecule has 3 heteroatoms. The van der Waals surface area contributed by atoms with Gasteiger partial charge < -0.3 is 5.11 Å². The van der Waals surface area contributed by atoms with E-state index in [4.69, 9.17) is 5.11 Å². The van der Waals surface area contributed by atoms with E-state index >= 15 is 0 Å². The highest BCUT2D eigenvalue weighted by atomic mass is 16.3. The number of rotatable bonds is 5. The van der Waals surface area contributed by atoms with Gasteiger partial charge in [0.05, 0.1) is 6.10 Å². The standard InChI is InChI=1S/C7H15NO2/c1-3-4-6(2)7(9)5-8-10/h6-7,9H,3-5H2,1-2H3. The first kappa shape index (κ1) is 9.56. The van der Waals surface area contributed by atoms with Crippen LogP contribution >= 0.6 is 0 Å². The summed E-state index contributed by atoms with van der Waals surface area (Å²) in [5.74, 6) is 0.197. The first-order valence-corrected chi connectivity index (χ1v) is 3.69. The van der Waals surface area contributed by atoms with Crippen molar-refractivity contribution in [3.8, 4) is 0 Å². The molecule has 0 aromatic rings. The first-order chi connectivity index (χ1) is 4.72. The number of hydrogen-bond donors (Lipinski definition) is 1. The average Bonchev–Trinajstić information content (AvgIpc) is 1.89. The molecule has 0 amide bonds. The van der Waals surface area contributed by atoms with E-state index in [0.717, 1.165) is 12.8 Å². The highest BCUT2D eigenvalue weighted by Gasteiger charge is 2.12. The average molecular weight is 145 g/mol. The number of nitroso groups, excluding NO2 is 1. The van der Waals surface area contributed by atoms with Crippen molar-refractivity contribution in [1.82, 2.24) is 0 Å². The molecule has 0 radical (unpaired) electrons. The van der Waals surface area contributed by atoms with Crippen LogP contribution in [0.4, 0.5) is 0 Å². The van der Waals surface area contributed by atoms with E-state index in [0.29, 0.717) is 0 Å². The molecule has 0 heterocycles. The molecule has 0 spiro atoms. The lowest BCUT2D eigenvalue weighted by molar-refractivity contribution is 0.119. The van der Waals surface area contributed by atoms with Gasteiger partial charge in [0.1, 0.15) is 6.54 Å². The molecule has 0 saturated heterocycles. The van der Waals surface area contributed by atoms with Gasteiger partial charge >= 0.3 is 0 Å². The molecule has 0 aliphatic heterocycles. The minimum Gasteiger partial charge on any atom is -0.391 e. The molecular formula is C7H15NO2. The van der Waals surface area contributed by atoms with Crippen LogP contribution in [0.25, 0.3) is 0 Å².